The quantitative estimate of drug-likeness (QED) is 0.596. The highest BCUT2D eigenvalue weighted by molar-refractivity contribution is 5.76. The Morgan fingerprint density at radius 3 is 2.88 bits per heavy atom. The molecule has 0 aromatic rings. The molecule has 2 saturated heterocycles. The molecule has 0 aromatic carbocycles. The van der Waals surface area contributed by atoms with Crippen LogP contribution in [-0.2, 0) is 4.79 Å². The topological polar surface area (TPSA) is 64.6 Å². The molecule has 1 amide bonds. The van der Waals surface area contributed by atoms with Crippen LogP contribution >= 0.6 is 0 Å². The van der Waals surface area contributed by atoms with Gasteiger partial charge in [-0.25, -0.2) is 0 Å². The van der Waals surface area contributed by atoms with E-state index in [4.69, 9.17) is 0 Å². The molecule has 2 atom stereocenters. The van der Waals surface area contributed by atoms with Crippen molar-refractivity contribution >= 4 is 5.91 Å². The molecule has 3 N–H and O–H groups in total. The third kappa shape index (κ3) is 4.26. The van der Waals surface area contributed by atoms with E-state index in [1.54, 1.807) is 0 Å². The molecular weight excluding hydrogens is 218 g/mol. The number of carbonyl (C=O) groups excluding carboxylic acids is 1. The number of rotatable bonds is 5. The molecule has 98 valence electrons. The van der Waals surface area contributed by atoms with E-state index in [2.05, 4.69) is 15.5 Å². The normalized spacial score (nSPS) is 28.1. The van der Waals surface area contributed by atoms with E-state index in [0.29, 0.717) is 25.6 Å². The summed E-state index contributed by atoms with van der Waals surface area (Å²) in [5, 5.41) is 16.1. The van der Waals surface area contributed by atoms with Crippen LogP contribution in [0.15, 0.2) is 0 Å². The van der Waals surface area contributed by atoms with E-state index in [1.165, 1.54) is 12.8 Å². The van der Waals surface area contributed by atoms with Crippen LogP contribution < -0.4 is 10.6 Å². The molecule has 0 spiro atoms. The highest BCUT2D eigenvalue weighted by atomic mass is 16.3. The Kier molecular flexibility index (Phi) is 4.76. The fraction of sp³-hybridized carbons (Fsp3) is 0.917. The van der Waals surface area contributed by atoms with Crippen molar-refractivity contribution in [2.45, 2.75) is 37.8 Å². The van der Waals surface area contributed by atoms with Gasteiger partial charge >= 0.3 is 0 Å². The van der Waals surface area contributed by atoms with E-state index < -0.39 is 0 Å². The molecule has 2 unspecified atom stereocenters. The highest BCUT2D eigenvalue weighted by Gasteiger charge is 2.20. The Balaban J connectivity index is 1.58. The van der Waals surface area contributed by atoms with Gasteiger partial charge in [-0.3, -0.25) is 4.79 Å². The first-order valence-electron chi connectivity index (χ1n) is 6.64. The maximum Gasteiger partial charge on any atom is 0.220 e. The zero-order chi connectivity index (χ0) is 12.1. The number of β-amino-alcohol motifs (C(OH)–C–C–N with tert-alkyl or cyclic N) is 1. The van der Waals surface area contributed by atoms with Crippen molar-refractivity contribution in [3.8, 4) is 0 Å². The van der Waals surface area contributed by atoms with Gasteiger partial charge in [-0.1, -0.05) is 0 Å². The van der Waals surface area contributed by atoms with Gasteiger partial charge in [0.1, 0.15) is 0 Å². The Morgan fingerprint density at radius 1 is 1.47 bits per heavy atom. The lowest BCUT2D eigenvalue weighted by Crippen LogP contribution is -2.48. The van der Waals surface area contributed by atoms with Crippen LogP contribution in [0.2, 0.25) is 0 Å². The van der Waals surface area contributed by atoms with E-state index in [1.807, 2.05) is 0 Å². The minimum absolute atomic E-state index is 0.140. The summed E-state index contributed by atoms with van der Waals surface area (Å²) in [5.41, 5.74) is 0. The van der Waals surface area contributed by atoms with Gasteiger partial charge in [0.05, 0.1) is 6.10 Å². The van der Waals surface area contributed by atoms with Crippen molar-refractivity contribution < 1.29 is 9.90 Å². The second-order valence-electron chi connectivity index (χ2n) is 5.11. The molecule has 2 heterocycles. The predicted octanol–water partition coefficient (Wildman–Crippen LogP) is -0.689. The minimum atomic E-state index is -0.300. The van der Waals surface area contributed by atoms with Gasteiger partial charge in [-0.15, -0.1) is 0 Å². The third-order valence-corrected chi connectivity index (χ3v) is 3.58. The molecule has 17 heavy (non-hydrogen) atoms. The minimum Gasteiger partial charge on any atom is -0.390 e. The van der Waals surface area contributed by atoms with Crippen molar-refractivity contribution in [3.63, 3.8) is 0 Å². The summed E-state index contributed by atoms with van der Waals surface area (Å²) in [6.45, 7) is 4.32. The monoisotopic (exact) mass is 241 g/mol. The van der Waals surface area contributed by atoms with Gasteiger partial charge in [0.15, 0.2) is 0 Å². The molecular formula is C12H23N3O2. The lowest BCUT2D eigenvalue weighted by molar-refractivity contribution is -0.122. The summed E-state index contributed by atoms with van der Waals surface area (Å²) in [6, 6.07) is 0.320. The van der Waals surface area contributed by atoms with E-state index >= 15 is 0 Å². The number of likely N-dealkylation sites (tertiary alicyclic amines) is 1. The van der Waals surface area contributed by atoms with Crippen LogP contribution in [0.5, 0.6) is 0 Å². The molecule has 0 radical (unpaired) electrons. The molecule has 2 fully saturated rings. The number of hydrogen-bond acceptors (Lipinski definition) is 4. The standard InChI is InChI=1S/C12H23N3O2/c16-11(9-15-5-1-2-6-15)8-13-10-3-4-12(17)14-7-10/h10-11,13,16H,1-9H2,(H,14,17). The van der Waals surface area contributed by atoms with Gasteiger partial charge in [-0.2, -0.15) is 0 Å². The largest absolute Gasteiger partial charge is 0.390 e. The lowest BCUT2D eigenvalue weighted by Gasteiger charge is -2.26. The van der Waals surface area contributed by atoms with Gasteiger partial charge in [0.25, 0.3) is 0 Å². The summed E-state index contributed by atoms with van der Waals surface area (Å²) in [6.07, 6.45) is 3.69. The van der Waals surface area contributed by atoms with Crippen LogP contribution in [0.4, 0.5) is 0 Å². The molecule has 5 nitrogen and oxygen atoms in total. The zero-order valence-electron chi connectivity index (χ0n) is 10.3. The van der Waals surface area contributed by atoms with Crippen LogP contribution in [-0.4, -0.2) is 60.8 Å². The number of amides is 1. The van der Waals surface area contributed by atoms with Crippen LogP contribution in [0.3, 0.4) is 0 Å². The van der Waals surface area contributed by atoms with Gasteiger partial charge < -0.3 is 20.6 Å². The average molecular weight is 241 g/mol. The number of nitrogens with one attached hydrogen (secondary N) is 2. The Hall–Kier alpha value is -0.650. The fourth-order valence-corrected chi connectivity index (χ4v) is 2.54. The summed E-state index contributed by atoms with van der Waals surface area (Å²) in [4.78, 5) is 13.3. The first-order valence-corrected chi connectivity index (χ1v) is 6.64. The van der Waals surface area contributed by atoms with Crippen LogP contribution in [0.25, 0.3) is 0 Å². The van der Waals surface area contributed by atoms with Gasteiger partial charge in [0.2, 0.25) is 5.91 Å². The van der Waals surface area contributed by atoms with E-state index in [-0.39, 0.29) is 12.0 Å². The fourth-order valence-electron chi connectivity index (χ4n) is 2.54. The molecule has 0 aromatic heterocycles. The molecule has 5 heteroatoms. The smallest absolute Gasteiger partial charge is 0.220 e. The Labute approximate surface area is 103 Å². The summed E-state index contributed by atoms with van der Waals surface area (Å²) >= 11 is 0. The van der Waals surface area contributed by atoms with Crippen molar-refractivity contribution in [2.24, 2.45) is 0 Å². The maximum atomic E-state index is 11.0. The summed E-state index contributed by atoms with van der Waals surface area (Å²) < 4.78 is 0. The molecule has 0 aliphatic carbocycles. The Bertz CT molecular complexity index is 244. The van der Waals surface area contributed by atoms with Gasteiger partial charge in [0, 0.05) is 32.1 Å². The SMILES string of the molecule is O=C1CCC(NCC(O)CN2CCCC2)CN1. The number of aliphatic hydroxyl groups excluding tert-OH is 1. The second-order valence-corrected chi connectivity index (χ2v) is 5.11. The average Bonchev–Trinajstić information content (AvgIpc) is 2.81. The summed E-state index contributed by atoms with van der Waals surface area (Å²) in [5.74, 6) is 0.140. The maximum absolute atomic E-state index is 11.0. The molecule has 0 saturated carbocycles. The first kappa shape index (κ1) is 12.8. The number of carbonyl (C=O) groups is 1. The van der Waals surface area contributed by atoms with Gasteiger partial charge in [-0.05, 0) is 32.4 Å². The van der Waals surface area contributed by atoms with E-state index in [0.717, 1.165) is 26.1 Å². The molecule has 0 bridgehead atoms. The number of aliphatic hydroxyl groups is 1. The number of hydrogen-bond donors (Lipinski definition) is 3. The first-order chi connectivity index (χ1) is 8.24. The van der Waals surface area contributed by atoms with Crippen molar-refractivity contribution in [3.05, 3.63) is 0 Å². The third-order valence-electron chi connectivity index (χ3n) is 3.58. The highest BCUT2D eigenvalue weighted by Crippen LogP contribution is 2.08. The van der Waals surface area contributed by atoms with Crippen molar-refractivity contribution in [1.29, 1.82) is 0 Å². The zero-order valence-corrected chi connectivity index (χ0v) is 10.3. The molecule has 2 aliphatic heterocycles. The lowest BCUT2D eigenvalue weighted by atomic mass is 10.1. The van der Waals surface area contributed by atoms with Crippen LogP contribution in [0, 0.1) is 0 Å². The number of nitrogens with zero attached hydrogens (tertiary/aromatic N) is 1. The predicted molar refractivity (Wildman–Crippen MR) is 65.7 cm³/mol. The Morgan fingerprint density at radius 2 is 2.24 bits per heavy atom. The van der Waals surface area contributed by atoms with E-state index in [9.17, 15) is 9.90 Å². The molecule has 2 aliphatic rings. The van der Waals surface area contributed by atoms with Crippen molar-refractivity contribution in [2.75, 3.05) is 32.7 Å². The second kappa shape index (κ2) is 6.33. The summed E-state index contributed by atoms with van der Waals surface area (Å²) in [7, 11) is 0. The van der Waals surface area contributed by atoms with Crippen LogP contribution in [0.1, 0.15) is 25.7 Å². The molecule has 2 rings (SSSR count). The number of piperidine rings is 1. The van der Waals surface area contributed by atoms with Crippen molar-refractivity contribution in [1.82, 2.24) is 15.5 Å².